The molecule has 1 rings (SSSR count). The summed E-state index contributed by atoms with van der Waals surface area (Å²) in [7, 11) is 0. The molecular weight excluding hydrogens is 236 g/mol. The second kappa shape index (κ2) is 5.53. The van der Waals surface area contributed by atoms with E-state index in [4.69, 9.17) is 5.11 Å². The minimum Gasteiger partial charge on any atom is -0.427 e. The van der Waals surface area contributed by atoms with E-state index in [0.717, 1.165) is 12.1 Å². The highest BCUT2D eigenvalue weighted by Crippen LogP contribution is 2.31. The predicted octanol–water partition coefficient (Wildman–Crippen LogP) is 2.11. The molecule has 0 aliphatic rings. The highest BCUT2D eigenvalue weighted by atomic mass is 19.3. The maximum absolute atomic E-state index is 12.0. The van der Waals surface area contributed by atoms with Crippen molar-refractivity contribution in [1.29, 1.82) is 0 Å². The van der Waals surface area contributed by atoms with Gasteiger partial charge in [-0.25, -0.2) is 0 Å². The Hall–Kier alpha value is -1.76. The zero-order valence-electron chi connectivity index (χ0n) is 8.68. The summed E-state index contributed by atoms with van der Waals surface area (Å²) in [5, 5.41) is 19.5. The molecule has 1 radical (unpaired) electrons. The SMILES string of the molecule is [CH2]C(CO)c1ccc(OC(F)F)c([N+](=O)[O-])c1. The number of halogens is 2. The molecular formula is C10H10F2NO4. The third-order valence-corrected chi connectivity index (χ3v) is 2.09. The van der Waals surface area contributed by atoms with Crippen LogP contribution in [0.4, 0.5) is 14.5 Å². The number of ether oxygens (including phenoxy) is 1. The molecule has 17 heavy (non-hydrogen) atoms. The first-order valence-electron chi connectivity index (χ1n) is 4.62. The lowest BCUT2D eigenvalue weighted by atomic mass is 10.0. The largest absolute Gasteiger partial charge is 0.427 e. The first kappa shape index (κ1) is 13.3. The van der Waals surface area contributed by atoms with Crippen LogP contribution < -0.4 is 4.74 Å². The van der Waals surface area contributed by atoms with Crippen LogP contribution in [0.15, 0.2) is 18.2 Å². The Morgan fingerprint density at radius 3 is 2.65 bits per heavy atom. The van der Waals surface area contributed by atoms with Crippen LogP contribution in [-0.4, -0.2) is 23.2 Å². The first-order valence-corrected chi connectivity index (χ1v) is 4.62. The Kier molecular flexibility index (Phi) is 4.33. The summed E-state index contributed by atoms with van der Waals surface area (Å²) in [4.78, 5) is 9.84. The lowest BCUT2D eigenvalue weighted by Gasteiger charge is -2.10. The van der Waals surface area contributed by atoms with Crippen molar-refractivity contribution in [2.24, 2.45) is 0 Å². The van der Waals surface area contributed by atoms with Crippen LogP contribution >= 0.6 is 0 Å². The van der Waals surface area contributed by atoms with Crippen LogP contribution in [0.25, 0.3) is 0 Å². The molecule has 0 bridgehead atoms. The number of benzene rings is 1. The van der Waals surface area contributed by atoms with E-state index in [9.17, 15) is 18.9 Å². The second-order valence-corrected chi connectivity index (χ2v) is 3.24. The summed E-state index contributed by atoms with van der Waals surface area (Å²) < 4.78 is 28.0. The van der Waals surface area contributed by atoms with E-state index >= 15 is 0 Å². The Labute approximate surface area is 95.8 Å². The summed E-state index contributed by atoms with van der Waals surface area (Å²) in [6.45, 7) is 0.125. The van der Waals surface area contributed by atoms with E-state index in [1.165, 1.54) is 6.07 Å². The van der Waals surface area contributed by atoms with E-state index in [2.05, 4.69) is 11.7 Å². The fourth-order valence-corrected chi connectivity index (χ4v) is 1.23. The molecule has 0 spiro atoms. The molecule has 7 heteroatoms. The van der Waals surface area contributed by atoms with E-state index in [0.29, 0.717) is 5.56 Å². The average molecular weight is 246 g/mol. The van der Waals surface area contributed by atoms with Crippen molar-refractivity contribution in [2.75, 3.05) is 6.61 Å². The van der Waals surface area contributed by atoms with Gasteiger partial charge in [0, 0.05) is 18.6 Å². The number of hydrogen-bond donors (Lipinski definition) is 1. The Balaban J connectivity index is 3.12. The van der Waals surface area contributed by atoms with Gasteiger partial charge in [0.25, 0.3) is 0 Å². The number of aliphatic hydroxyl groups is 1. The molecule has 1 aromatic carbocycles. The van der Waals surface area contributed by atoms with Gasteiger partial charge in [-0.05, 0) is 18.6 Å². The van der Waals surface area contributed by atoms with Crippen LogP contribution in [0.3, 0.4) is 0 Å². The van der Waals surface area contributed by atoms with Crippen molar-refractivity contribution in [1.82, 2.24) is 0 Å². The summed E-state index contributed by atoms with van der Waals surface area (Å²) in [5.41, 5.74) is -0.203. The number of nitro benzene ring substituents is 1. The van der Waals surface area contributed by atoms with Gasteiger partial charge in [0.2, 0.25) is 5.75 Å². The van der Waals surface area contributed by atoms with E-state index < -0.39 is 28.9 Å². The summed E-state index contributed by atoms with van der Waals surface area (Å²) in [6.07, 6.45) is 0. The van der Waals surface area contributed by atoms with Crippen LogP contribution in [0, 0.1) is 17.0 Å². The highest BCUT2D eigenvalue weighted by Gasteiger charge is 2.20. The first-order chi connectivity index (χ1) is 7.95. The molecule has 0 fully saturated rings. The van der Waals surface area contributed by atoms with Crippen molar-refractivity contribution in [3.8, 4) is 5.75 Å². The van der Waals surface area contributed by atoms with Crippen molar-refractivity contribution in [3.63, 3.8) is 0 Å². The molecule has 5 nitrogen and oxygen atoms in total. The minimum atomic E-state index is -3.13. The topological polar surface area (TPSA) is 72.6 Å². The molecule has 0 amide bonds. The van der Waals surface area contributed by atoms with E-state index in [1.54, 1.807) is 0 Å². The zero-order valence-corrected chi connectivity index (χ0v) is 8.68. The lowest BCUT2D eigenvalue weighted by Crippen LogP contribution is -2.06. The molecule has 1 N–H and O–H groups in total. The zero-order chi connectivity index (χ0) is 13.0. The van der Waals surface area contributed by atoms with E-state index in [-0.39, 0.29) is 6.61 Å². The van der Waals surface area contributed by atoms with E-state index in [1.807, 2.05) is 0 Å². The third kappa shape index (κ3) is 3.35. The van der Waals surface area contributed by atoms with Crippen molar-refractivity contribution in [3.05, 3.63) is 40.8 Å². The number of alkyl halides is 2. The normalized spacial score (nSPS) is 12.5. The van der Waals surface area contributed by atoms with Crippen LogP contribution in [0.1, 0.15) is 11.5 Å². The molecule has 0 aromatic heterocycles. The summed E-state index contributed by atoms with van der Waals surface area (Å²) in [6, 6.07) is 3.47. The standard InChI is InChI=1S/C10H10F2NO4/c1-6(5-14)7-2-3-9(17-10(11)12)8(4-7)13(15)16/h2-4,6,10,14H,1,5H2. The van der Waals surface area contributed by atoms with Gasteiger partial charge in [-0.1, -0.05) is 6.07 Å². The van der Waals surface area contributed by atoms with Crippen molar-refractivity contribution < 1.29 is 23.5 Å². The molecule has 1 atom stereocenters. The van der Waals surface area contributed by atoms with Crippen LogP contribution in [0.2, 0.25) is 0 Å². The average Bonchev–Trinajstić information content (AvgIpc) is 2.27. The Morgan fingerprint density at radius 2 is 2.18 bits per heavy atom. The molecule has 0 saturated carbocycles. The van der Waals surface area contributed by atoms with Crippen LogP contribution in [-0.2, 0) is 0 Å². The van der Waals surface area contributed by atoms with Crippen LogP contribution in [0.5, 0.6) is 5.75 Å². The number of hydrogen-bond acceptors (Lipinski definition) is 4. The number of nitro groups is 1. The van der Waals surface area contributed by atoms with Gasteiger partial charge in [-0.15, -0.1) is 0 Å². The number of nitrogens with zero attached hydrogens (tertiary/aromatic N) is 1. The minimum absolute atomic E-state index is 0.299. The van der Waals surface area contributed by atoms with Gasteiger partial charge in [-0.2, -0.15) is 8.78 Å². The van der Waals surface area contributed by atoms with Crippen molar-refractivity contribution >= 4 is 5.69 Å². The molecule has 0 saturated heterocycles. The monoisotopic (exact) mass is 246 g/mol. The molecule has 0 aliphatic carbocycles. The molecule has 0 aliphatic heterocycles. The lowest BCUT2D eigenvalue weighted by molar-refractivity contribution is -0.386. The van der Waals surface area contributed by atoms with Gasteiger partial charge in [-0.3, -0.25) is 10.1 Å². The predicted molar refractivity (Wildman–Crippen MR) is 54.9 cm³/mol. The van der Waals surface area contributed by atoms with Gasteiger partial charge < -0.3 is 9.84 Å². The maximum atomic E-state index is 12.0. The number of aliphatic hydroxyl groups excluding tert-OH is 1. The van der Waals surface area contributed by atoms with Gasteiger partial charge >= 0.3 is 12.3 Å². The van der Waals surface area contributed by atoms with Crippen molar-refractivity contribution in [2.45, 2.75) is 12.5 Å². The fraction of sp³-hybridized carbons (Fsp3) is 0.300. The highest BCUT2D eigenvalue weighted by molar-refractivity contribution is 5.49. The smallest absolute Gasteiger partial charge is 0.387 e. The molecule has 1 unspecified atom stereocenters. The third-order valence-electron chi connectivity index (χ3n) is 2.09. The quantitative estimate of drug-likeness (QED) is 0.637. The Bertz CT molecular complexity index is 411. The summed E-state index contributed by atoms with van der Waals surface area (Å²) >= 11 is 0. The molecule has 0 heterocycles. The molecule has 93 valence electrons. The van der Waals surface area contributed by atoms with Gasteiger partial charge in [0.1, 0.15) is 0 Å². The van der Waals surface area contributed by atoms with Gasteiger partial charge in [0.05, 0.1) is 4.92 Å². The number of rotatable bonds is 5. The maximum Gasteiger partial charge on any atom is 0.387 e. The molecule has 1 aromatic rings. The summed E-state index contributed by atoms with van der Waals surface area (Å²) in [5.74, 6) is -1.08. The fourth-order valence-electron chi connectivity index (χ4n) is 1.23. The Morgan fingerprint density at radius 1 is 1.53 bits per heavy atom. The van der Waals surface area contributed by atoms with Gasteiger partial charge in [0.15, 0.2) is 0 Å². The second-order valence-electron chi connectivity index (χ2n) is 3.24.